The largest absolute Gasteiger partial charge is 0.376 e. The Bertz CT molecular complexity index is 567. The van der Waals surface area contributed by atoms with Gasteiger partial charge in [0.1, 0.15) is 0 Å². The number of nitrogens with zero attached hydrogens (tertiary/aromatic N) is 3. The summed E-state index contributed by atoms with van der Waals surface area (Å²) in [5, 5.41) is 11.0. The Labute approximate surface area is 117 Å². The summed E-state index contributed by atoms with van der Waals surface area (Å²) in [6.07, 6.45) is 6.23. The fourth-order valence-corrected chi connectivity index (χ4v) is 2.05. The van der Waals surface area contributed by atoms with E-state index in [0.717, 1.165) is 13.0 Å². The lowest BCUT2D eigenvalue weighted by Crippen LogP contribution is -2.03. The number of nitro benzene ring substituents is 1. The first-order valence-corrected chi connectivity index (χ1v) is 6.45. The molecule has 6 nitrogen and oxygen atoms in total. The lowest BCUT2D eigenvalue weighted by Gasteiger charge is -2.07. The van der Waals surface area contributed by atoms with Crippen molar-refractivity contribution in [3.63, 3.8) is 0 Å². The van der Waals surface area contributed by atoms with Gasteiger partial charge in [0.15, 0.2) is 0 Å². The van der Waals surface area contributed by atoms with Crippen LogP contribution in [-0.2, 0) is 17.9 Å². The SMILES string of the molecule is Cc1cccc(COCCCn2ccnc2)c1[N+](=O)[O-]. The van der Waals surface area contributed by atoms with E-state index in [1.165, 1.54) is 0 Å². The minimum atomic E-state index is -0.348. The Hall–Kier alpha value is -2.21. The minimum Gasteiger partial charge on any atom is -0.376 e. The predicted molar refractivity (Wildman–Crippen MR) is 74.3 cm³/mol. The summed E-state index contributed by atoms with van der Waals surface area (Å²) in [7, 11) is 0. The number of benzene rings is 1. The average molecular weight is 275 g/mol. The van der Waals surface area contributed by atoms with Crippen molar-refractivity contribution in [2.45, 2.75) is 26.5 Å². The molecule has 0 bridgehead atoms. The van der Waals surface area contributed by atoms with Crippen molar-refractivity contribution in [3.8, 4) is 0 Å². The van der Waals surface area contributed by atoms with Crippen molar-refractivity contribution < 1.29 is 9.66 Å². The average Bonchev–Trinajstić information content (AvgIpc) is 2.91. The molecule has 0 unspecified atom stereocenters. The molecule has 106 valence electrons. The summed E-state index contributed by atoms with van der Waals surface area (Å²) in [6, 6.07) is 5.29. The van der Waals surface area contributed by atoms with Gasteiger partial charge >= 0.3 is 0 Å². The highest BCUT2D eigenvalue weighted by Gasteiger charge is 2.16. The molecule has 0 aliphatic heterocycles. The lowest BCUT2D eigenvalue weighted by molar-refractivity contribution is -0.386. The van der Waals surface area contributed by atoms with Crippen LogP contribution in [0.1, 0.15) is 17.5 Å². The molecule has 0 saturated carbocycles. The molecule has 1 aromatic heterocycles. The van der Waals surface area contributed by atoms with E-state index in [-0.39, 0.29) is 17.2 Å². The molecule has 0 N–H and O–H groups in total. The maximum Gasteiger partial charge on any atom is 0.277 e. The van der Waals surface area contributed by atoms with Crippen molar-refractivity contribution in [2.24, 2.45) is 0 Å². The topological polar surface area (TPSA) is 70.2 Å². The van der Waals surface area contributed by atoms with Crippen LogP contribution in [0, 0.1) is 17.0 Å². The second-order valence-electron chi connectivity index (χ2n) is 4.55. The molecule has 0 radical (unpaired) electrons. The Morgan fingerprint density at radius 3 is 3.00 bits per heavy atom. The first-order valence-electron chi connectivity index (χ1n) is 6.45. The predicted octanol–water partition coefficient (Wildman–Crippen LogP) is 2.71. The Balaban J connectivity index is 1.82. The maximum absolute atomic E-state index is 11.0. The number of hydrogen-bond donors (Lipinski definition) is 0. The van der Waals surface area contributed by atoms with Crippen molar-refractivity contribution >= 4 is 5.69 Å². The quantitative estimate of drug-likeness (QED) is 0.442. The number of aryl methyl sites for hydroxylation is 2. The Kier molecular flexibility index (Phi) is 4.84. The number of ether oxygens (including phenoxy) is 1. The van der Waals surface area contributed by atoms with E-state index in [4.69, 9.17) is 4.74 Å². The number of hydrogen-bond acceptors (Lipinski definition) is 4. The zero-order chi connectivity index (χ0) is 14.4. The third-order valence-electron chi connectivity index (χ3n) is 3.03. The normalized spacial score (nSPS) is 10.7. The monoisotopic (exact) mass is 275 g/mol. The highest BCUT2D eigenvalue weighted by Crippen LogP contribution is 2.23. The highest BCUT2D eigenvalue weighted by molar-refractivity contribution is 5.46. The lowest BCUT2D eigenvalue weighted by atomic mass is 10.1. The van der Waals surface area contributed by atoms with E-state index in [0.29, 0.717) is 17.7 Å². The summed E-state index contributed by atoms with van der Waals surface area (Å²) in [6.45, 7) is 3.39. The van der Waals surface area contributed by atoms with Gasteiger partial charge in [-0.25, -0.2) is 4.98 Å². The third-order valence-corrected chi connectivity index (χ3v) is 3.03. The molecule has 0 aliphatic carbocycles. The molecule has 0 spiro atoms. The standard InChI is InChI=1S/C14H17N3O3/c1-12-4-2-5-13(14(12)17(18)19)10-20-9-3-7-16-8-6-15-11-16/h2,4-6,8,11H,3,7,9-10H2,1H3. The molecule has 2 aromatic rings. The fraction of sp³-hybridized carbons (Fsp3) is 0.357. The number of imidazole rings is 1. The summed E-state index contributed by atoms with van der Waals surface area (Å²) in [4.78, 5) is 14.6. The molecule has 20 heavy (non-hydrogen) atoms. The van der Waals surface area contributed by atoms with Crippen LogP contribution >= 0.6 is 0 Å². The molecule has 1 heterocycles. The Morgan fingerprint density at radius 1 is 1.45 bits per heavy atom. The van der Waals surface area contributed by atoms with Gasteiger partial charge in [0.25, 0.3) is 5.69 Å². The zero-order valence-electron chi connectivity index (χ0n) is 11.4. The van der Waals surface area contributed by atoms with Crippen LogP contribution in [-0.4, -0.2) is 21.1 Å². The smallest absolute Gasteiger partial charge is 0.277 e. The Morgan fingerprint density at radius 2 is 2.30 bits per heavy atom. The van der Waals surface area contributed by atoms with Gasteiger partial charge in [-0.2, -0.15) is 0 Å². The van der Waals surface area contributed by atoms with Crippen LogP contribution in [0.4, 0.5) is 5.69 Å². The third kappa shape index (κ3) is 3.64. The van der Waals surface area contributed by atoms with Gasteiger partial charge < -0.3 is 9.30 Å². The second kappa shape index (κ2) is 6.81. The van der Waals surface area contributed by atoms with Gasteiger partial charge in [-0.15, -0.1) is 0 Å². The van der Waals surface area contributed by atoms with Gasteiger partial charge in [0.2, 0.25) is 0 Å². The van der Waals surface area contributed by atoms with E-state index in [1.807, 2.05) is 16.8 Å². The van der Waals surface area contributed by atoms with Crippen LogP contribution in [0.3, 0.4) is 0 Å². The number of para-hydroxylation sites is 1. The molecular weight excluding hydrogens is 258 g/mol. The molecule has 0 saturated heterocycles. The van der Waals surface area contributed by atoms with Crippen molar-refractivity contribution in [1.82, 2.24) is 9.55 Å². The van der Waals surface area contributed by atoms with Crippen LogP contribution in [0.5, 0.6) is 0 Å². The molecular formula is C14H17N3O3. The van der Waals surface area contributed by atoms with Crippen LogP contribution < -0.4 is 0 Å². The maximum atomic E-state index is 11.0. The fourth-order valence-electron chi connectivity index (χ4n) is 2.05. The summed E-state index contributed by atoms with van der Waals surface area (Å²) in [5.41, 5.74) is 1.44. The first kappa shape index (κ1) is 14.2. The van der Waals surface area contributed by atoms with E-state index in [2.05, 4.69) is 4.98 Å². The summed E-state index contributed by atoms with van der Waals surface area (Å²) < 4.78 is 7.50. The van der Waals surface area contributed by atoms with Crippen LogP contribution in [0.25, 0.3) is 0 Å². The van der Waals surface area contributed by atoms with Crippen molar-refractivity contribution in [3.05, 3.63) is 58.2 Å². The van der Waals surface area contributed by atoms with Crippen LogP contribution in [0.2, 0.25) is 0 Å². The van der Waals surface area contributed by atoms with Gasteiger partial charge in [-0.1, -0.05) is 12.1 Å². The van der Waals surface area contributed by atoms with Gasteiger partial charge in [-0.05, 0) is 19.4 Å². The molecule has 0 amide bonds. The van der Waals surface area contributed by atoms with Crippen molar-refractivity contribution in [2.75, 3.05) is 6.61 Å². The first-order chi connectivity index (χ1) is 9.68. The van der Waals surface area contributed by atoms with E-state index in [1.54, 1.807) is 31.6 Å². The molecule has 0 fully saturated rings. The molecule has 6 heteroatoms. The number of aromatic nitrogens is 2. The van der Waals surface area contributed by atoms with Crippen molar-refractivity contribution in [1.29, 1.82) is 0 Å². The van der Waals surface area contributed by atoms with E-state index in [9.17, 15) is 10.1 Å². The number of rotatable bonds is 7. The van der Waals surface area contributed by atoms with E-state index < -0.39 is 0 Å². The number of nitro groups is 1. The van der Waals surface area contributed by atoms with Crippen LogP contribution in [0.15, 0.2) is 36.9 Å². The molecule has 0 atom stereocenters. The second-order valence-corrected chi connectivity index (χ2v) is 4.55. The minimum absolute atomic E-state index is 0.155. The highest BCUT2D eigenvalue weighted by atomic mass is 16.6. The molecule has 0 aliphatic rings. The summed E-state index contributed by atoms with van der Waals surface area (Å²) in [5.74, 6) is 0. The molecule has 2 rings (SSSR count). The molecule has 1 aromatic carbocycles. The van der Waals surface area contributed by atoms with Gasteiger partial charge in [-0.3, -0.25) is 10.1 Å². The van der Waals surface area contributed by atoms with Gasteiger partial charge in [0.05, 0.1) is 23.4 Å². The van der Waals surface area contributed by atoms with Gasteiger partial charge in [0, 0.05) is 31.1 Å². The zero-order valence-corrected chi connectivity index (χ0v) is 11.4. The summed E-state index contributed by atoms with van der Waals surface area (Å²) >= 11 is 0. The van der Waals surface area contributed by atoms with E-state index >= 15 is 0 Å².